The Morgan fingerprint density at radius 1 is 1.29 bits per heavy atom. The fourth-order valence-corrected chi connectivity index (χ4v) is 1.79. The predicted molar refractivity (Wildman–Crippen MR) is 57.1 cm³/mol. The lowest BCUT2D eigenvalue weighted by Gasteiger charge is -2.35. The fourth-order valence-electron chi connectivity index (χ4n) is 1.40. The molecule has 2 N–H and O–H groups in total. The van der Waals surface area contributed by atoms with E-state index in [0.717, 1.165) is 0 Å². The lowest BCUT2D eigenvalue weighted by atomic mass is 10.8. The van der Waals surface area contributed by atoms with Crippen LogP contribution in [0.4, 0.5) is 0 Å². The first-order valence-corrected chi connectivity index (χ1v) is 5.15. The van der Waals surface area contributed by atoms with Crippen molar-refractivity contribution >= 4 is 20.0 Å². The van der Waals surface area contributed by atoms with E-state index in [1.54, 1.807) is 10.0 Å². The third-order valence-electron chi connectivity index (χ3n) is 2.00. The molecule has 7 nitrogen and oxygen atoms in total. The van der Waals surface area contributed by atoms with Crippen LogP contribution in [0.2, 0.25) is 0 Å². The summed E-state index contributed by atoms with van der Waals surface area (Å²) in [5.74, 6) is 0.304. The third kappa shape index (κ3) is 1.48. The molecule has 8 heteroatoms. The number of nitrogens with zero attached hydrogens (tertiary/aromatic N) is 5. The minimum Gasteiger partial charge on any atom is -0.332 e. The summed E-state index contributed by atoms with van der Waals surface area (Å²) < 4.78 is 10.8. The molecule has 1 atom stereocenters. The van der Waals surface area contributed by atoms with Gasteiger partial charge < -0.3 is 10.3 Å². The van der Waals surface area contributed by atoms with E-state index in [-0.39, 0.29) is 4.81 Å². The van der Waals surface area contributed by atoms with Gasteiger partial charge in [-0.25, -0.2) is 0 Å². The smallest absolute Gasteiger partial charge is 0.332 e. The molecule has 0 aromatic heterocycles. The van der Waals surface area contributed by atoms with Gasteiger partial charge in [-0.3, -0.25) is 0 Å². The van der Waals surface area contributed by atoms with Crippen LogP contribution in [0.5, 0.6) is 0 Å². The normalized spacial score (nSPS) is 21.0. The van der Waals surface area contributed by atoms with Gasteiger partial charge in [0, 0.05) is 33.0 Å². The van der Waals surface area contributed by atoms with Gasteiger partial charge in [0.25, 0.3) is 0 Å². The predicted octanol–water partition coefficient (Wildman–Crippen LogP) is -0.888. The van der Waals surface area contributed by atoms with E-state index in [9.17, 15) is 4.57 Å². The Kier molecular flexibility index (Phi) is 3.06. The van der Waals surface area contributed by atoms with E-state index in [1.807, 2.05) is 28.2 Å². The largest absolute Gasteiger partial charge is 0.371 e. The van der Waals surface area contributed by atoms with Crippen molar-refractivity contribution in [1.29, 1.82) is 0 Å². The fraction of sp³-hybridized carbons (Fsp3) is 0.667. The van der Waals surface area contributed by atoms with Gasteiger partial charge in [-0.05, 0) is 5.10 Å². The first-order chi connectivity index (χ1) is 6.45. The SMILES string of the molecule is CN(C)[N+]1(N(C)C)N=C([PH2]=O)N=C1N. The van der Waals surface area contributed by atoms with Crippen LogP contribution in [0.25, 0.3) is 0 Å². The Hall–Kier alpha value is -0.750. The molecule has 0 saturated heterocycles. The molecule has 0 spiro atoms. The van der Waals surface area contributed by atoms with Crippen molar-refractivity contribution in [1.82, 2.24) is 10.0 Å². The molecule has 1 aliphatic rings. The quantitative estimate of drug-likeness (QED) is 0.493. The van der Waals surface area contributed by atoms with E-state index in [4.69, 9.17) is 5.73 Å². The molecular weight excluding hydrogens is 203 g/mol. The van der Waals surface area contributed by atoms with Crippen molar-refractivity contribution < 1.29 is 9.38 Å². The van der Waals surface area contributed by atoms with Gasteiger partial charge in [0.2, 0.25) is 5.58 Å². The number of hydrogen-bond donors (Lipinski definition) is 1. The molecule has 14 heavy (non-hydrogen) atoms. The second-order valence-corrected chi connectivity index (χ2v) is 4.06. The zero-order valence-corrected chi connectivity index (χ0v) is 9.95. The van der Waals surface area contributed by atoms with Crippen molar-refractivity contribution in [3.8, 4) is 0 Å². The molecule has 1 unspecified atom stereocenters. The molecular formula is C6H16N6OP+. The van der Waals surface area contributed by atoms with Gasteiger partial charge in [-0.2, -0.15) is 0 Å². The topological polar surface area (TPSA) is 74.3 Å². The molecule has 0 bridgehead atoms. The summed E-state index contributed by atoms with van der Waals surface area (Å²) in [6.07, 6.45) is 0. The highest BCUT2D eigenvalue weighted by atomic mass is 31.1. The zero-order valence-electron chi connectivity index (χ0n) is 8.80. The second-order valence-electron chi connectivity index (χ2n) is 3.31. The number of guanidine groups is 1. The molecule has 0 aromatic carbocycles. The highest BCUT2D eigenvalue weighted by molar-refractivity contribution is 7.46. The van der Waals surface area contributed by atoms with E-state index in [0.29, 0.717) is 11.5 Å². The minimum absolute atomic E-state index is 0.0510. The number of rotatable bonds is 3. The zero-order chi connectivity index (χ0) is 10.9. The number of hydrogen-bond acceptors (Lipinski definition) is 6. The first kappa shape index (κ1) is 11.3. The lowest BCUT2D eigenvalue weighted by Crippen LogP contribution is -2.65. The summed E-state index contributed by atoms with van der Waals surface area (Å²) in [6.45, 7) is 0. The molecule has 80 valence electrons. The Morgan fingerprint density at radius 2 is 1.79 bits per heavy atom. The molecule has 0 aliphatic carbocycles. The molecule has 1 rings (SSSR count). The van der Waals surface area contributed by atoms with E-state index < -0.39 is 8.46 Å². The van der Waals surface area contributed by atoms with Crippen molar-refractivity contribution in [2.45, 2.75) is 0 Å². The monoisotopic (exact) mass is 219 g/mol. The molecule has 0 amide bonds. The summed E-state index contributed by atoms with van der Waals surface area (Å²) in [7, 11) is 6.16. The Morgan fingerprint density at radius 3 is 2.00 bits per heavy atom. The summed E-state index contributed by atoms with van der Waals surface area (Å²) in [6, 6.07) is 0. The van der Waals surface area contributed by atoms with E-state index >= 15 is 0 Å². The van der Waals surface area contributed by atoms with Gasteiger partial charge in [-0.1, -0.05) is 0 Å². The maximum atomic E-state index is 10.8. The molecule has 1 aliphatic heterocycles. The highest BCUT2D eigenvalue weighted by Gasteiger charge is 2.45. The van der Waals surface area contributed by atoms with Gasteiger partial charge in [0.1, 0.15) is 8.46 Å². The van der Waals surface area contributed by atoms with Crippen molar-refractivity contribution in [3.63, 3.8) is 0 Å². The first-order valence-electron chi connectivity index (χ1n) is 4.10. The van der Waals surface area contributed by atoms with Gasteiger partial charge in [0.15, 0.2) is 0 Å². The standard InChI is InChI=1S/C6H16N6OP/c1-10(2)12(11(3)4)5(7)8-6(9-12)14-13/h14H2,1-4H3,(H2,7,8,9)/q+1. The van der Waals surface area contributed by atoms with Crippen LogP contribution in [-0.4, -0.2) is 54.6 Å². The van der Waals surface area contributed by atoms with Gasteiger partial charge in [-0.15, -0.1) is 15.0 Å². The molecule has 0 aromatic rings. The van der Waals surface area contributed by atoms with Crippen LogP contribution in [0, 0.1) is 0 Å². The van der Waals surface area contributed by atoms with Crippen LogP contribution in [0.1, 0.15) is 0 Å². The number of quaternary nitrogens is 1. The van der Waals surface area contributed by atoms with Crippen molar-refractivity contribution in [2.75, 3.05) is 28.2 Å². The third-order valence-corrected chi connectivity index (χ3v) is 2.45. The Bertz CT molecular complexity index is 301. The molecule has 0 fully saturated rings. The summed E-state index contributed by atoms with van der Waals surface area (Å²) >= 11 is 0. The van der Waals surface area contributed by atoms with Crippen molar-refractivity contribution in [2.24, 2.45) is 15.8 Å². The highest BCUT2D eigenvalue weighted by Crippen LogP contribution is 2.21. The molecule has 0 saturated carbocycles. The van der Waals surface area contributed by atoms with E-state index in [2.05, 4.69) is 10.1 Å². The van der Waals surface area contributed by atoms with Crippen LogP contribution in [-0.2, 0) is 4.57 Å². The summed E-state index contributed by atoms with van der Waals surface area (Å²) in [4.78, 5) is 3.91. The van der Waals surface area contributed by atoms with Crippen LogP contribution >= 0.6 is 8.46 Å². The summed E-state index contributed by atoms with van der Waals surface area (Å²) in [5, 5.41) is 7.78. The van der Waals surface area contributed by atoms with Crippen LogP contribution < -0.4 is 5.73 Å². The average molecular weight is 219 g/mol. The second kappa shape index (κ2) is 3.78. The summed E-state index contributed by atoms with van der Waals surface area (Å²) in [5.41, 5.74) is 6.09. The van der Waals surface area contributed by atoms with Crippen LogP contribution in [0.15, 0.2) is 10.1 Å². The minimum atomic E-state index is -1.15. The van der Waals surface area contributed by atoms with E-state index in [1.165, 1.54) is 0 Å². The van der Waals surface area contributed by atoms with Crippen LogP contribution in [0.3, 0.4) is 0 Å². The molecule has 0 radical (unpaired) electrons. The van der Waals surface area contributed by atoms with Gasteiger partial charge in [0.05, 0.1) is 0 Å². The maximum absolute atomic E-state index is 10.8. The number of amidine groups is 1. The average Bonchev–Trinajstić information content (AvgIpc) is 2.43. The Balaban J connectivity index is 3.20. The number of aliphatic imine (C=N–C) groups is 1. The molecule has 1 heterocycles. The maximum Gasteiger partial charge on any atom is 0.371 e. The van der Waals surface area contributed by atoms with Crippen molar-refractivity contribution in [3.05, 3.63) is 0 Å². The Labute approximate surface area is 84.2 Å². The van der Waals surface area contributed by atoms with Gasteiger partial charge >= 0.3 is 5.96 Å². The number of nitrogens with two attached hydrogens (primary N) is 1. The lowest BCUT2D eigenvalue weighted by molar-refractivity contribution is -1.05.